The molecule has 0 aliphatic rings. The second kappa shape index (κ2) is 5.05. The molecule has 0 saturated heterocycles. The van der Waals surface area contributed by atoms with Crippen LogP contribution in [0.2, 0.25) is 15.1 Å². The van der Waals surface area contributed by atoms with Crippen molar-refractivity contribution in [2.45, 2.75) is 4.90 Å². The van der Waals surface area contributed by atoms with Crippen molar-refractivity contribution in [2.24, 2.45) is 0 Å². The molecule has 0 aromatic heterocycles. The van der Waals surface area contributed by atoms with Crippen LogP contribution in [0.3, 0.4) is 0 Å². The fourth-order valence-electron chi connectivity index (χ4n) is 0.722. The van der Waals surface area contributed by atoms with Crippen LogP contribution >= 0.6 is 73.7 Å². The minimum absolute atomic E-state index is 0.272. The molecular weight excluding hydrogens is 328 g/mol. The molecule has 8 heteroatoms. The van der Waals surface area contributed by atoms with Crippen molar-refractivity contribution >= 4 is 73.7 Å². The van der Waals surface area contributed by atoms with E-state index in [0.29, 0.717) is 9.92 Å². The first kappa shape index (κ1) is 13.3. The van der Waals surface area contributed by atoms with Crippen LogP contribution in [-0.4, -0.2) is 0 Å². The number of rotatable bonds is 2. The number of halogens is 5. The van der Waals surface area contributed by atoms with Crippen molar-refractivity contribution in [3.63, 3.8) is 0 Å². The van der Waals surface area contributed by atoms with Gasteiger partial charge in [0.15, 0.2) is 0 Å². The Kier molecular flexibility index (Phi) is 4.81. The van der Waals surface area contributed by atoms with Crippen molar-refractivity contribution in [3.05, 3.63) is 27.2 Å². The van der Waals surface area contributed by atoms with E-state index in [-0.39, 0.29) is 10.0 Å². The SMILES string of the molecule is O=P(Cl)(Cl)Sc1c(Cl)cc(Cl)cc1Cl. The minimum Gasteiger partial charge on any atom is -0.277 e. The summed E-state index contributed by atoms with van der Waals surface area (Å²) in [5.74, 6) is 0. The second-order valence-electron chi connectivity index (χ2n) is 2.20. The van der Waals surface area contributed by atoms with Crippen LogP contribution in [0, 0.1) is 0 Å². The van der Waals surface area contributed by atoms with Crippen LogP contribution < -0.4 is 0 Å². The molecule has 0 bridgehead atoms. The van der Waals surface area contributed by atoms with E-state index in [1.54, 1.807) is 0 Å². The third-order valence-electron chi connectivity index (χ3n) is 1.16. The van der Waals surface area contributed by atoms with E-state index in [1.807, 2.05) is 0 Å². The Balaban J connectivity index is 3.15. The van der Waals surface area contributed by atoms with Crippen LogP contribution in [-0.2, 0) is 4.57 Å². The highest BCUT2D eigenvalue weighted by Gasteiger charge is 2.20. The topological polar surface area (TPSA) is 17.1 Å². The molecule has 0 saturated carbocycles. The zero-order valence-corrected chi connectivity index (χ0v) is 11.8. The molecule has 0 radical (unpaired) electrons. The van der Waals surface area contributed by atoms with Crippen molar-refractivity contribution in [1.29, 1.82) is 0 Å². The van der Waals surface area contributed by atoms with E-state index < -0.39 is 5.05 Å². The van der Waals surface area contributed by atoms with Crippen molar-refractivity contribution in [1.82, 2.24) is 0 Å². The highest BCUT2D eigenvalue weighted by Crippen LogP contribution is 2.71. The van der Waals surface area contributed by atoms with Gasteiger partial charge in [-0.2, -0.15) is 0 Å². The molecule has 0 spiro atoms. The Hall–Kier alpha value is 1.25. The molecule has 1 aromatic rings. The molecule has 0 N–H and O–H groups in total. The molecule has 0 aliphatic carbocycles. The number of hydrogen-bond donors (Lipinski definition) is 0. The Morgan fingerprint density at radius 1 is 1.07 bits per heavy atom. The van der Waals surface area contributed by atoms with E-state index >= 15 is 0 Å². The van der Waals surface area contributed by atoms with Gasteiger partial charge in [-0.3, -0.25) is 4.57 Å². The summed E-state index contributed by atoms with van der Waals surface area (Å²) in [4.78, 5) is 0.367. The molecule has 1 aromatic carbocycles. The lowest BCUT2D eigenvalue weighted by Crippen LogP contribution is -1.75. The van der Waals surface area contributed by atoms with Gasteiger partial charge in [-0.25, -0.2) is 0 Å². The summed E-state index contributed by atoms with van der Waals surface area (Å²) in [6.07, 6.45) is 0. The standard InChI is InChI=1S/C6H2Cl5OPS/c7-3-1-4(8)6(5(9)2-3)14-13(10,11)12/h1-2H. The van der Waals surface area contributed by atoms with Crippen molar-refractivity contribution in [2.75, 3.05) is 0 Å². The molecule has 78 valence electrons. The molecule has 1 rings (SSSR count). The lowest BCUT2D eigenvalue weighted by Gasteiger charge is -2.06. The summed E-state index contributed by atoms with van der Waals surface area (Å²) < 4.78 is 11.1. The van der Waals surface area contributed by atoms with Gasteiger partial charge in [-0.1, -0.05) is 34.8 Å². The zero-order chi connectivity index (χ0) is 10.9. The molecule has 0 amide bonds. The van der Waals surface area contributed by atoms with Crippen LogP contribution in [0.15, 0.2) is 17.0 Å². The van der Waals surface area contributed by atoms with Gasteiger partial charge in [0.2, 0.25) is 0 Å². The molecule has 14 heavy (non-hydrogen) atoms. The third kappa shape index (κ3) is 4.02. The van der Waals surface area contributed by atoms with Gasteiger partial charge >= 0.3 is 5.05 Å². The first-order valence-electron chi connectivity index (χ1n) is 3.13. The normalized spacial score (nSPS) is 11.8. The van der Waals surface area contributed by atoms with Gasteiger partial charge in [0, 0.05) is 5.02 Å². The average Bonchev–Trinajstić information content (AvgIpc) is 1.95. The summed E-state index contributed by atoms with van der Waals surface area (Å²) >= 11 is 28.8. The Morgan fingerprint density at radius 3 is 1.86 bits per heavy atom. The van der Waals surface area contributed by atoms with Crippen molar-refractivity contribution < 1.29 is 4.57 Å². The quantitative estimate of drug-likeness (QED) is 0.590. The lowest BCUT2D eigenvalue weighted by atomic mass is 10.4. The monoisotopic (exact) mass is 328 g/mol. The van der Waals surface area contributed by atoms with E-state index in [2.05, 4.69) is 0 Å². The van der Waals surface area contributed by atoms with Gasteiger partial charge in [-0.05, 0) is 46.0 Å². The van der Waals surface area contributed by atoms with Crippen LogP contribution in [0.25, 0.3) is 0 Å². The second-order valence-corrected chi connectivity index (χ2v) is 11.5. The van der Waals surface area contributed by atoms with Crippen LogP contribution in [0.5, 0.6) is 0 Å². The number of hydrogen-bond acceptors (Lipinski definition) is 2. The fourth-order valence-corrected chi connectivity index (χ4v) is 5.07. The molecular formula is C6H2Cl5OPS. The van der Waals surface area contributed by atoms with E-state index in [0.717, 1.165) is 11.4 Å². The highest BCUT2D eigenvalue weighted by molar-refractivity contribution is 8.72. The van der Waals surface area contributed by atoms with Crippen LogP contribution in [0.1, 0.15) is 0 Å². The van der Waals surface area contributed by atoms with Gasteiger partial charge in [0.05, 0.1) is 14.9 Å². The smallest absolute Gasteiger partial charge is 0.277 e. The average molecular weight is 330 g/mol. The van der Waals surface area contributed by atoms with Crippen LogP contribution in [0.4, 0.5) is 0 Å². The van der Waals surface area contributed by atoms with Gasteiger partial charge < -0.3 is 0 Å². The maximum absolute atomic E-state index is 11.1. The van der Waals surface area contributed by atoms with Gasteiger partial charge in [-0.15, -0.1) is 0 Å². The first-order chi connectivity index (χ1) is 6.29. The lowest BCUT2D eigenvalue weighted by molar-refractivity contribution is 0.600. The summed E-state index contributed by atoms with van der Waals surface area (Å²) in [7, 11) is 0. The molecule has 0 atom stereocenters. The molecule has 0 fully saturated rings. The largest absolute Gasteiger partial charge is 0.312 e. The summed E-state index contributed by atoms with van der Waals surface area (Å²) in [5, 5.41) is -2.37. The molecule has 1 nitrogen and oxygen atoms in total. The Labute approximate surface area is 110 Å². The van der Waals surface area contributed by atoms with E-state index in [9.17, 15) is 4.57 Å². The molecule has 0 heterocycles. The van der Waals surface area contributed by atoms with Gasteiger partial charge in [0.1, 0.15) is 0 Å². The molecule has 0 unspecified atom stereocenters. The Bertz CT molecular complexity index is 380. The minimum atomic E-state index is -3.31. The highest BCUT2D eigenvalue weighted by atomic mass is 35.9. The van der Waals surface area contributed by atoms with Gasteiger partial charge in [0.25, 0.3) is 0 Å². The maximum Gasteiger partial charge on any atom is 0.312 e. The molecule has 0 aliphatic heterocycles. The number of benzene rings is 1. The predicted molar refractivity (Wildman–Crippen MR) is 66.6 cm³/mol. The third-order valence-corrected chi connectivity index (χ3v) is 5.46. The first-order valence-corrected chi connectivity index (χ1v) is 9.20. The van der Waals surface area contributed by atoms with Crippen molar-refractivity contribution in [3.8, 4) is 0 Å². The van der Waals surface area contributed by atoms with E-state index in [1.165, 1.54) is 12.1 Å². The summed E-state index contributed by atoms with van der Waals surface area (Å²) in [5.41, 5.74) is 0. The Morgan fingerprint density at radius 2 is 1.50 bits per heavy atom. The summed E-state index contributed by atoms with van der Waals surface area (Å²) in [6.45, 7) is 0. The fraction of sp³-hybridized carbons (Fsp3) is 0. The van der Waals surface area contributed by atoms with E-state index in [4.69, 9.17) is 57.3 Å². The summed E-state index contributed by atoms with van der Waals surface area (Å²) in [6, 6.07) is 2.95. The predicted octanol–water partition coefficient (Wildman–Crippen LogP) is 6.32. The zero-order valence-electron chi connectivity index (χ0n) is 6.31. The maximum atomic E-state index is 11.1.